The zero-order chi connectivity index (χ0) is 19.0. The van der Waals surface area contributed by atoms with Crippen LogP contribution in [0.25, 0.3) is 33.5 Å². The number of hydrogen-bond acceptors (Lipinski definition) is 6. The van der Waals surface area contributed by atoms with Gasteiger partial charge in [0.1, 0.15) is 17.9 Å². The Labute approximate surface area is 154 Å². The number of aromatic amines is 1. The van der Waals surface area contributed by atoms with Crippen LogP contribution < -0.4 is 4.74 Å². The predicted molar refractivity (Wildman–Crippen MR) is 98.7 cm³/mol. The number of fused-ring (bicyclic) bond motifs is 1. The fraction of sp³-hybridized carbons (Fsp3) is 0.211. The molecule has 0 spiro atoms. The fourth-order valence-electron chi connectivity index (χ4n) is 3.12. The number of H-pyrrole nitrogens is 1. The highest BCUT2D eigenvalue weighted by atomic mass is 19.1. The quantitative estimate of drug-likeness (QED) is 0.593. The predicted octanol–water partition coefficient (Wildman–Crippen LogP) is 3.75. The van der Waals surface area contributed by atoms with Crippen LogP contribution in [0.5, 0.6) is 5.75 Å². The topological polar surface area (TPSA) is 89.5 Å². The van der Waals surface area contributed by atoms with Gasteiger partial charge >= 0.3 is 0 Å². The molecule has 136 valence electrons. The summed E-state index contributed by atoms with van der Waals surface area (Å²) < 4.78 is 19.9. The Bertz CT molecular complexity index is 1110. The van der Waals surface area contributed by atoms with Crippen molar-refractivity contribution in [3.8, 4) is 28.4 Å². The van der Waals surface area contributed by atoms with Gasteiger partial charge < -0.3 is 4.74 Å². The van der Waals surface area contributed by atoms with E-state index in [1.54, 1.807) is 6.07 Å². The molecule has 0 unspecified atom stereocenters. The van der Waals surface area contributed by atoms with E-state index in [1.165, 1.54) is 19.5 Å². The molecule has 0 amide bonds. The minimum atomic E-state index is -0.423. The third-order valence-corrected chi connectivity index (χ3v) is 4.43. The van der Waals surface area contributed by atoms with Crippen LogP contribution in [0.3, 0.4) is 0 Å². The number of rotatable bonds is 4. The van der Waals surface area contributed by atoms with E-state index >= 15 is 0 Å². The first-order chi connectivity index (χ1) is 13.1. The van der Waals surface area contributed by atoms with Crippen LogP contribution in [-0.4, -0.2) is 37.7 Å². The van der Waals surface area contributed by atoms with Crippen molar-refractivity contribution in [1.29, 1.82) is 0 Å². The molecule has 0 aliphatic rings. The molecule has 4 rings (SSSR count). The van der Waals surface area contributed by atoms with E-state index in [9.17, 15) is 4.39 Å². The fourth-order valence-corrected chi connectivity index (χ4v) is 3.12. The first-order valence-corrected chi connectivity index (χ1v) is 8.45. The lowest BCUT2D eigenvalue weighted by Crippen LogP contribution is -1.98. The maximum atomic E-state index is 14.7. The van der Waals surface area contributed by atoms with Crippen molar-refractivity contribution < 1.29 is 9.13 Å². The van der Waals surface area contributed by atoms with E-state index in [2.05, 4.69) is 44.4 Å². The van der Waals surface area contributed by atoms with Crippen LogP contribution in [0.4, 0.5) is 4.39 Å². The minimum absolute atomic E-state index is 0.205. The van der Waals surface area contributed by atoms with Crippen molar-refractivity contribution in [2.75, 3.05) is 7.11 Å². The molecule has 0 saturated carbocycles. The first-order valence-electron chi connectivity index (χ1n) is 8.45. The standard InChI is InChI=1S/C19H17FN6O/c1-10(2)14-6-11(4-5-13(14)19-23-25-26-24-19)18-17-15(20)7-12(27-3)8-16(17)21-9-22-18/h4-10H,1-3H3,(H,23,24,25,26). The lowest BCUT2D eigenvalue weighted by molar-refractivity contribution is 0.412. The number of halogens is 1. The molecule has 2 heterocycles. The van der Waals surface area contributed by atoms with E-state index in [1.807, 2.05) is 18.2 Å². The molecule has 27 heavy (non-hydrogen) atoms. The van der Waals surface area contributed by atoms with Crippen molar-refractivity contribution in [1.82, 2.24) is 30.6 Å². The Morgan fingerprint density at radius 1 is 1.11 bits per heavy atom. The summed E-state index contributed by atoms with van der Waals surface area (Å²) in [7, 11) is 1.49. The van der Waals surface area contributed by atoms with Gasteiger partial charge in [-0.25, -0.2) is 14.4 Å². The summed E-state index contributed by atoms with van der Waals surface area (Å²) in [5.74, 6) is 0.721. The van der Waals surface area contributed by atoms with Gasteiger partial charge in [-0.1, -0.05) is 26.0 Å². The maximum absolute atomic E-state index is 14.7. The molecular weight excluding hydrogens is 347 g/mol. The summed E-state index contributed by atoms with van der Waals surface area (Å²) in [5, 5.41) is 14.6. The summed E-state index contributed by atoms with van der Waals surface area (Å²) in [6.45, 7) is 4.15. The molecule has 8 heteroatoms. The maximum Gasteiger partial charge on any atom is 0.204 e. The van der Waals surface area contributed by atoms with Crippen molar-refractivity contribution >= 4 is 10.9 Å². The summed E-state index contributed by atoms with van der Waals surface area (Å²) >= 11 is 0. The Morgan fingerprint density at radius 2 is 1.96 bits per heavy atom. The summed E-state index contributed by atoms with van der Waals surface area (Å²) in [6.07, 6.45) is 1.43. The zero-order valence-electron chi connectivity index (χ0n) is 15.1. The highest BCUT2D eigenvalue weighted by molar-refractivity contribution is 5.93. The number of nitrogens with zero attached hydrogens (tertiary/aromatic N) is 5. The lowest BCUT2D eigenvalue weighted by Gasteiger charge is -2.14. The summed E-state index contributed by atoms with van der Waals surface area (Å²) in [6, 6.07) is 8.81. The second-order valence-electron chi connectivity index (χ2n) is 6.42. The molecule has 0 saturated heterocycles. The number of aromatic nitrogens is 6. The van der Waals surface area contributed by atoms with Gasteiger partial charge in [0.05, 0.1) is 23.7 Å². The molecule has 0 aliphatic heterocycles. The molecule has 0 aliphatic carbocycles. The normalized spacial score (nSPS) is 11.3. The van der Waals surface area contributed by atoms with Crippen molar-refractivity contribution in [2.45, 2.75) is 19.8 Å². The van der Waals surface area contributed by atoms with Crippen molar-refractivity contribution in [3.63, 3.8) is 0 Å². The lowest BCUT2D eigenvalue weighted by atomic mass is 9.93. The summed E-state index contributed by atoms with van der Waals surface area (Å²) in [5.41, 5.74) is 3.71. The highest BCUT2D eigenvalue weighted by Crippen LogP contribution is 2.34. The van der Waals surface area contributed by atoms with Gasteiger partial charge in [0, 0.05) is 23.3 Å². The monoisotopic (exact) mass is 364 g/mol. The van der Waals surface area contributed by atoms with E-state index in [0.29, 0.717) is 28.2 Å². The largest absolute Gasteiger partial charge is 0.497 e. The Kier molecular flexibility index (Phi) is 4.23. The van der Waals surface area contributed by atoms with Gasteiger partial charge in [0.25, 0.3) is 0 Å². The highest BCUT2D eigenvalue weighted by Gasteiger charge is 2.17. The van der Waals surface area contributed by atoms with Crippen LogP contribution >= 0.6 is 0 Å². The van der Waals surface area contributed by atoms with Gasteiger partial charge in [0.2, 0.25) is 5.82 Å². The second-order valence-corrected chi connectivity index (χ2v) is 6.42. The van der Waals surface area contributed by atoms with Crippen LogP contribution in [-0.2, 0) is 0 Å². The molecule has 0 bridgehead atoms. The molecule has 0 fully saturated rings. The third-order valence-electron chi connectivity index (χ3n) is 4.43. The minimum Gasteiger partial charge on any atom is -0.497 e. The van der Waals surface area contributed by atoms with Gasteiger partial charge in [-0.2, -0.15) is 5.21 Å². The van der Waals surface area contributed by atoms with Gasteiger partial charge in [0.15, 0.2) is 0 Å². The average molecular weight is 364 g/mol. The van der Waals surface area contributed by atoms with Crippen molar-refractivity contribution in [3.05, 3.63) is 48.0 Å². The Hall–Kier alpha value is -3.42. The molecule has 4 aromatic rings. The number of ether oxygens (including phenoxy) is 1. The molecule has 0 radical (unpaired) electrons. The molecular formula is C19H17FN6O. The molecule has 2 aromatic carbocycles. The first kappa shape index (κ1) is 17.0. The average Bonchev–Trinajstić information content (AvgIpc) is 3.21. The number of nitrogens with one attached hydrogen (secondary N) is 1. The second kappa shape index (κ2) is 6.71. The molecule has 0 atom stereocenters. The van der Waals surface area contributed by atoms with E-state index in [4.69, 9.17) is 4.74 Å². The smallest absolute Gasteiger partial charge is 0.204 e. The van der Waals surface area contributed by atoms with Crippen LogP contribution in [0, 0.1) is 5.82 Å². The Balaban J connectivity index is 1.93. The number of methoxy groups -OCH3 is 1. The molecule has 1 N–H and O–H groups in total. The van der Waals surface area contributed by atoms with Crippen LogP contribution in [0.2, 0.25) is 0 Å². The van der Waals surface area contributed by atoms with Crippen molar-refractivity contribution in [2.24, 2.45) is 0 Å². The number of benzene rings is 2. The third kappa shape index (κ3) is 2.99. The van der Waals surface area contributed by atoms with Crippen LogP contribution in [0.1, 0.15) is 25.3 Å². The zero-order valence-corrected chi connectivity index (χ0v) is 15.1. The van der Waals surface area contributed by atoms with Crippen LogP contribution in [0.15, 0.2) is 36.7 Å². The van der Waals surface area contributed by atoms with E-state index < -0.39 is 5.82 Å². The van der Waals surface area contributed by atoms with Gasteiger partial charge in [-0.3, -0.25) is 0 Å². The SMILES string of the molecule is COc1cc(F)c2c(-c3ccc(-c4nn[nH]n4)c(C(C)C)c3)ncnc2c1. The van der Waals surface area contributed by atoms with E-state index in [-0.39, 0.29) is 5.92 Å². The number of tetrazole rings is 1. The molecule has 7 nitrogen and oxygen atoms in total. The van der Waals surface area contributed by atoms with Gasteiger partial charge in [-0.05, 0) is 22.8 Å². The summed E-state index contributed by atoms with van der Waals surface area (Å²) in [4.78, 5) is 8.53. The number of hydrogen-bond donors (Lipinski definition) is 1. The van der Waals surface area contributed by atoms with Gasteiger partial charge in [-0.15, -0.1) is 10.2 Å². The van der Waals surface area contributed by atoms with E-state index in [0.717, 1.165) is 16.7 Å². The Morgan fingerprint density at radius 3 is 2.67 bits per heavy atom. The molecule has 2 aromatic heterocycles.